The summed E-state index contributed by atoms with van der Waals surface area (Å²) in [7, 11) is -4.10. The summed E-state index contributed by atoms with van der Waals surface area (Å²) in [6.07, 6.45) is 4.56. The number of aryl methyl sites for hydroxylation is 2. The van der Waals surface area contributed by atoms with Gasteiger partial charge in [-0.05, 0) is 19.9 Å². The van der Waals surface area contributed by atoms with E-state index in [0.717, 1.165) is 0 Å². The Morgan fingerprint density at radius 3 is 2.48 bits per heavy atom. The summed E-state index contributed by atoms with van der Waals surface area (Å²) < 4.78 is 26.4. The van der Waals surface area contributed by atoms with Gasteiger partial charge in [0.2, 0.25) is 5.95 Å². The topological polar surface area (TPSA) is 114 Å². The van der Waals surface area contributed by atoms with Gasteiger partial charge in [-0.1, -0.05) is 40.3 Å². The lowest BCUT2D eigenvalue weighted by atomic mass is 10.2. The van der Waals surface area contributed by atoms with Crippen LogP contribution in [0, 0.1) is 13.8 Å². The highest BCUT2D eigenvalue weighted by molar-refractivity contribution is 9.10. The fraction of sp³-hybridized carbons (Fsp3) is 0.250. The van der Waals surface area contributed by atoms with Crippen LogP contribution in [0.15, 0.2) is 23.1 Å². The van der Waals surface area contributed by atoms with Gasteiger partial charge in [0.05, 0.1) is 9.69 Å². The molecule has 1 unspecified atom stereocenters. The number of alkyl halides is 1. The van der Waals surface area contributed by atoms with Crippen molar-refractivity contribution in [2.24, 2.45) is 0 Å². The molecule has 0 aliphatic heterocycles. The molecule has 11 heteroatoms. The molecule has 2 rings (SSSR count). The van der Waals surface area contributed by atoms with Gasteiger partial charge < -0.3 is 0 Å². The van der Waals surface area contributed by atoms with E-state index in [1.54, 1.807) is 26.0 Å². The summed E-state index contributed by atoms with van der Waals surface area (Å²) in [6.45, 7) is 3.25. The van der Waals surface area contributed by atoms with Crippen molar-refractivity contribution in [2.75, 3.05) is 5.32 Å². The smallest absolute Gasteiger partial charge is 0.275 e. The summed E-state index contributed by atoms with van der Waals surface area (Å²) in [5.41, 5.74) is 0. The fourth-order valence-corrected chi connectivity index (χ4v) is 3.85. The van der Waals surface area contributed by atoms with Crippen molar-refractivity contribution < 1.29 is 13.2 Å². The van der Waals surface area contributed by atoms with Crippen LogP contribution in [0.3, 0.4) is 0 Å². The molecule has 0 bridgehead atoms. The molecule has 23 heavy (non-hydrogen) atoms. The molecule has 0 saturated heterocycles. The SMILES string of the molecule is Cc1nc(C)nc(NC(=O)NS(=O)(=O)C2=CC=CC(Br)C2=S)n1. The van der Waals surface area contributed by atoms with Crippen molar-refractivity contribution in [1.29, 1.82) is 0 Å². The van der Waals surface area contributed by atoms with Gasteiger partial charge in [-0.3, -0.25) is 5.32 Å². The third kappa shape index (κ3) is 4.39. The van der Waals surface area contributed by atoms with Crippen molar-refractivity contribution in [1.82, 2.24) is 19.7 Å². The molecule has 1 atom stereocenters. The molecule has 0 saturated carbocycles. The number of carbonyl (C=O) groups is 1. The molecule has 8 nitrogen and oxygen atoms in total. The number of aromatic nitrogens is 3. The van der Waals surface area contributed by atoms with Crippen LogP contribution in [-0.2, 0) is 10.0 Å². The number of hydrogen-bond acceptors (Lipinski definition) is 7. The molecular formula is C12H12BrN5O3S2. The standard InChI is InChI=1S/C12H12BrN5O3S2/c1-6-14-7(2)16-11(15-6)17-12(19)18-23(20,21)9-5-3-4-8(13)10(9)22/h3-5,8H,1-2H3,(H2,14,15,16,17,18,19). The lowest BCUT2D eigenvalue weighted by molar-refractivity contribution is 0.256. The first-order chi connectivity index (χ1) is 10.7. The van der Waals surface area contributed by atoms with E-state index in [1.807, 2.05) is 4.72 Å². The zero-order valence-corrected chi connectivity index (χ0v) is 15.3. The number of carbonyl (C=O) groups excluding carboxylic acids is 1. The highest BCUT2D eigenvalue weighted by atomic mass is 79.9. The number of urea groups is 1. The Kier molecular flexibility index (Phi) is 5.22. The number of nitrogens with one attached hydrogen (secondary N) is 2. The molecule has 0 spiro atoms. The van der Waals surface area contributed by atoms with Crippen molar-refractivity contribution in [3.8, 4) is 0 Å². The molecule has 1 aromatic rings. The minimum Gasteiger partial charge on any atom is -0.275 e. The number of halogens is 1. The predicted octanol–water partition coefficient (Wildman–Crippen LogP) is 1.53. The molecule has 0 radical (unpaired) electrons. The Labute approximate surface area is 146 Å². The van der Waals surface area contributed by atoms with Crippen LogP contribution in [-0.4, -0.2) is 39.1 Å². The number of thiocarbonyl (C=S) groups is 1. The number of amides is 2. The highest BCUT2D eigenvalue weighted by Crippen LogP contribution is 2.20. The number of sulfonamides is 1. The van der Waals surface area contributed by atoms with Crippen molar-refractivity contribution in [2.45, 2.75) is 18.7 Å². The molecule has 0 fully saturated rings. The monoisotopic (exact) mass is 417 g/mol. The van der Waals surface area contributed by atoms with Gasteiger partial charge in [0, 0.05) is 0 Å². The molecular weight excluding hydrogens is 406 g/mol. The zero-order chi connectivity index (χ0) is 17.2. The first-order valence-corrected chi connectivity index (χ1v) is 9.09. The van der Waals surface area contributed by atoms with Gasteiger partial charge in [0.1, 0.15) is 16.6 Å². The van der Waals surface area contributed by atoms with E-state index < -0.39 is 16.1 Å². The van der Waals surface area contributed by atoms with Crippen LogP contribution in [0.5, 0.6) is 0 Å². The van der Waals surface area contributed by atoms with Crippen molar-refractivity contribution in [3.05, 3.63) is 34.8 Å². The maximum atomic E-state index is 12.2. The molecule has 1 heterocycles. The van der Waals surface area contributed by atoms with Gasteiger partial charge in [-0.2, -0.15) is 9.97 Å². The second-order valence-electron chi connectivity index (χ2n) is 4.49. The van der Waals surface area contributed by atoms with E-state index in [-0.39, 0.29) is 20.5 Å². The number of allylic oxidation sites excluding steroid dienone is 4. The van der Waals surface area contributed by atoms with Crippen molar-refractivity contribution in [3.63, 3.8) is 0 Å². The third-order valence-corrected chi connectivity index (χ3v) is 5.68. The van der Waals surface area contributed by atoms with E-state index in [4.69, 9.17) is 12.2 Å². The fourth-order valence-electron chi connectivity index (χ4n) is 1.74. The Morgan fingerprint density at radius 1 is 1.26 bits per heavy atom. The summed E-state index contributed by atoms with van der Waals surface area (Å²) >= 11 is 8.30. The normalized spacial score (nSPS) is 17.6. The van der Waals surface area contributed by atoms with E-state index in [9.17, 15) is 13.2 Å². The predicted molar refractivity (Wildman–Crippen MR) is 92.9 cm³/mol. The Hall–Kier alpha value is -1.72. The van der Waals surface area contributed by atoms with Crippen LogP contribution in [0.1, 0.15) is 11.6 Å². The number of rotatable bonds is 3. The first-order valence-electron chi connectivity index (χ1n) is 6.29. The second-order valence-corrected chi connectivity index (χ2v) is 7.57. The van der Waals surface area contributed by atoms with Gasteiger partial charge in [0.25, 0.3) is 10.0 Å². The molecule has 122 valence electrons. The summed E-state index contributed by atoms with van der Waals surface area (Å²) in [6, 6.07) is -0.987. The molecule has 1 aliphatic rings. The Bertz CT molecular complexity index is 815. The van der Waals surface area contributed by atoms with E-state index in [1.165, 1.54) is 6.08 Å². The largest absolute Gasteiger partial charge is 0.335 e. The van der Waals surface area contributed by atoms with Gasteiger partial charge >= 0.3 is 6.03 Å². The lowest BCUT2D eigenvalue weighted by Crippen LogP contribution is -2.38. The van der Waals surface area contributed by atoms with Gasteiger partial charge in [-0.15, -0.1) is 0 Å². The van der Waals surface area contributed by atoms with E-state index in [2.05, 4.69) is 36.2 Å². The summed E-state index contributed by atoms with van der Waals surface area (Å²) in [5.74, 6) is 0.763. The average molecular weight is 418 g/mol. The molecule has 1 aliphatic carbocycles. The Morgan fingerprint density at radius 2 is 1.87 bits per heavy atom. The quantitative estimate of drug-likeness (QED) is 0.565. The Balaban J connectivity index is 2.14. The van der Waals surface area contributed by atoms with Crippen LogP contribution in [0.25, 0.3) is 0 Å². The summed E-state index contributed by atoms with van der Waals surface area (Å²) in [4.78, 5) is 23.3. The average Bonchev–Trinajstić information content (AvgIpc) is 2.39. The number of nitrogens with zero attached hydrogens (tertiary/aromatic N) is 3. The molecule has 0 aromatic carbocycles. The molecule has 2 N–H and O–H groups in total. The molecule has 1 aromatic heterocycles. The lowest BCUT2D eigenvalue weighted by Gasteiger charge is -2.16. The van der Waals surface area contributed by atoms with E-state index >= 15 is 0 Å². The molecule has 2 amide bonds. The van der Waals surface area contributed by atoms with Crippen LogP contribution >= 0.6 is 28.1 Å². The maximum absolute atomic E-state index is 12.2. The minimum atomic E-state index is -4.10. The van der Waals surface area contributed by atoms with E-state index in [0.29, 0.717) is 11.6 Å². The highest BCUT2D eigenvalue weighted by Gasteiger charge is 2.28. The zero-order valence-electron chi connectivity index (χ0n) is 12.1. The van der Waals surface area contributed by atoms with Crippen LogP contribution in [0.2, 0.25) is 0 Å². The minimum absolute atomic E-state index is 0.0406. The third-order valence-electron chi connectivity index (χ3n) is 2.62. The van der Waals surface area contributed by atoms with Gasteiger partial charge in [0.15, 0.2) is 0 Å². The first kappa shape index (κ1) is 17.6. The number of hydrogen-bond donors (Lipinski definition) is 2. The van der Waals surface area contributed by atoms with Crippen LogP contribution in [0.4, 0.5) is 10.7 Å². The summed E-state index contributed by atoms with van der Waals surface area (Å²) in [5, 5.41) is 2.25. The van der Waals surface area contributed by atoms with Crippen LogP contribution < -0.4 is 10.0 Å². The van der Waals surface area contributed by atoms with Crippen molar-refractivity contribution >= 4 is 55.0 Å². The number of anilines is 1. The second kappa shape index (κ2) is 6.81. The maximum Gasteiger partial charge on any atom is 0.335 e. The van der Waals surface area contributed by atoms with Gasteiger partial charge in [-0.25, -0.2) is 22.9 Å².